The van der Waals surface area contributed by atoms with Crippen molar-refractivity contribution in [3.8, 4) is 0 Å². The highest BCUT2D eigenvalue weighted by Crippen LogP contribution is 2.24. The zero-order valence-corrected chi connectivity index (χ0v) is 21.1. The van der Waals surface area contributed by atoms with E-state index in [2.05, 4.69) is 60.1 Å². The van der Waals surface area contributed by atoms with Crippen LogP contribution in [0, 0.1) is 5.92 Å². The van der Waals surface area contributed by atoms with Crippen LogP contribution in [0.25, 0.3) is 0 Å². The van der Waals surface area contributed by atoms with E-state index in [1.54, 1.807) is 11.3 Å². The Hall–Kier alpha value is -0.410. The molecule has 0 spiro atoms. The van der Waals surface area contributed by atoms with Crippen molar-refractivity contribution in [1.82, 2.24) is 20.1 Å². The molecule has 0 aromatic carbocycles. The largest absolute Gasteiger partial charge is 0.356 e. The van der Waals surface area contributed by atoms with Gasteiger partial charge in [0.1, 0.15) is 0 Å². The Labute approximate surface area is 187 Å². The third-order valence-electron chi connectivity index (χ3n) is 5.15. The fraction of sp³-hybridized carbons (Fsp3) is 0.800. The van der Waals surface area contributed by atoms with E-state index < -0.39 is 0 Å². The maximum atomic E-state index is 4.78. The summed E-state index contributed by atoms with van der Waals surface area (Å²) in [5.41, 5.74) is 1.33. The van der Waals surface area contributed by atoms with Gasteiger partial charge in [-0.25, -0.2) is 4.98 Å². The zero-order valence-electron chi connectivity index (χ0n) is 17.9. The minimum atomic E-state index is 0. The summed E-state index contributed by atoms with van der Waals surface area (Å²) < 4.78 is 0. The third-order valence-corrected chi connectivity index (χ3v) is 6.06. The highest BCUT2D eigenvalue weighted by atomic mass is 127. The first-order valence-corrected chi connectivity index (χ1v) is 10.9. The highest BCUT2D eigenvalue weighted by Gasteiger charge is 2.26. The van der Waals surface area contributed by atoms with Crippen LogP contribution in [-0.2, 0) is 11.8 Å². The number of hydrogen-bond acceptors (Lipinski definition) is 4. The van der Waals surface area contributed by atoms with Crippen molar-refractivity contribution in [2.24, 2.45) is 10.9 Å². The average molecular weight is 508 g/mol. The fourth-order valence-corrected chi connectivity index (χ4v) is 4.43. The van der Waals surface area contributed by atoms with Gasteiger partial charge in [-0.05, 0) is 25.4 Å². The van der Waals surface area contributed by atoms with Gasteiger partial charge in [0.05, 0.1) is 10.7 Å². The lowest BCUT2D eigenvalue weighted by Gasteiger charge is -2.24. The number of likely N-dealkylation sites (tertiary alicyclic amines) is 1. The van der Waals surface area contributed by atoms with Crippen LogP contribution >= 0.6 is 35.3 Å². The maximum absolute atomic E-state index is 4.78. The monoisotopic (exact) mass is 507 g/mol. The Kier molecular flexibility index (Phi) is 10.5. The van der Waals surface area contributed by atoms with Crippen LogP contribution < -0.4 is 5.32 Å². The molecular formula is C20H38IN5S. The highest BCUT2D eigenvalue weighted by molar-refractivity contribution is 14.0. The summed E-state index contributed by atoms with van der Waals surface area (Å²) in [4.78, 5) is 14.2. The molecule has 1 aliphatic rings. The second-order valence-electron chi connectivity index (χ2n) is 8.19. The summed E-state index contributed by atoms with van der Waals surface area (Å²) in [6, 6.07) is 0. The van der Waals surface area contributed by atoms with E-state index in [4.69, 9.17) is 4.98 Å². The van der Waals surface area contributed by atoms with Crippen molar-refractivity contribution in [2.45, 2.75) is 52.9 Å². The van der Waals surface area contributed by atoms with Crippen LogP contribution in [0.5, 0.6) is 0 Å². The van der Waals surface area contributed by atoms with Gasteiger partial charge in [0.2, 0.25) is 0 Å². The number of nitrogens with zero attached hydrogens (tertiary/aromatic N) is 4. The number of thiazole rings is 1. The van der Waals surface area contributed by atoms with Crippen LogP contribution in [0.2, 0.25) is 0 Å². The molecule has 0 radical (unpaired) electrons. The quantitative estimate of drug-likeness (QED) is 0.346. The fourth-order valence-electron chi connectivity index (χ4n) is 3.40. The van der Waals surface area contributed by atoms with Gasteiger partial charge in [-0.15, -0.1) is 35.3 Å². The first-order chi connectivity index (χ1) is 12.4. The molecule has 27 heavy (non-hydrogen) atoms. The predicted octanol–water partition coefficient (Wildman–Crippen LogP) is 3.84. The number of rotatable bonds is 7. The number of halogens is 1. The average Bonchev–Trinajstić information content (AvgIpc) is 3.26. The van der Waals surface area contributed by atoms with Crippen molar-refractivity contribution < 1.29 is 0 Å². The van der Waals surface area contributed by atoms with Crippen molar-refractivity contribution in [3.63, 3.8) is 0 Å². The van der Waals surface area contributed by atoms with E-state index in [0.29, 0.717) is 0 Å². The Morgan fingerprint density at radius 3 is 2.63 bits per heavy atom. The standard InChI is InChI=1S/C20H37N5S.HI/c1-7-24(8-2)13-16-10-12-25(14-16)19(21-6)22-11-9-18-23-17(15-26-18)20(3,4)5;/h15-16H,7-14H2,1-6H3,(H,21,22);1H. The molecule has 5 nitrogen and oxygen atoms in total. The molecule has 1 N–H and O–H groups in total. The predicted molar refractivity (Wildman–Crippen MR) is 129 cm³/mol. The first kappa shape index (κ1) is 24.6. The van der Waals surface area contributed by atoms with Gasteiger partial charge >= 0.3 is 0 Å². The Morgan fingerprint density at radius 2 is 2.07 bits per heavy atom. The van der Waals surface area contributed by atoms with E-state index in [0.717, 1.165) is 51.0 Å². The molecule has 1 saturated heterocycles. The van der Waals surface area contributed by atoms with Crippen LogP contribution in [0.1, 0.15) is 51.7 Å². The summed E-state index contributed by atoms with van der Waals surface area (Å²) in [7, 11) is 1.89. The van der Waals surface area contributed by atoms with Gasteiger partial charge in [0.25, 0.3) is 0 Å². The van der Waals surface area contributed by atoms with Gasteiger partial charge in [0, 0.05) is 50.4 Å². The summed E-state index contributed by atoms with van der Waals surface area (Å²) in [5.74, 6) is 1.79. The number of aromatic nitrogens is 1. The molecule has 0 bridgehead atoms. The second kappa shape index (κ2) is 11.6. The summed E-state index contributed by atoms with van der Waals surface area (Å²) >= 11 is 1.77. The van der Waals surface area contributed by atoms with Crippen LogP contribution in [0.4, 0.5) is 0 Å². The minimum Gasteiger partial charge on any atom is -0.356 e. The van der Waals surface area contributed by atoms with E-state index in [1.165, 1.54) is 23.7 Å². The lowest BCUT2D eigenvalue weighted by atomic mass is 9.93. The number of hydrogen-bond donors (Lipinski definition) is 1. The second-order valence-corrected chi connectivity index (χ2v) is 9.13. The molecule has 1 fully saturated rings. The molecule has 0 saturated carbocycles. The number of nitrogens with one attached hydrogen (secondary N) is 1. The third kappa shape index (κ3) is 7.49. The molecule has 0 aliphatic carbocycles. The van der Waals surface area contributed by atoms with Crippen LogP contribution in [0.15, 0.2) is 10.4 Å². The van der Waals surface area contributed by atoms with Gasteiger partial charge in [-0.1, -0.05) is 34.6 Å². The molecule has 1 aliphatic heterocycles. The smallest absolute Gasteiger partial charge is 0.193 e. The molecular weight excluding hydrogens is 469 g/mol. The Morgan fingerprint density at radius 1 is 1.37 bits per heavy atom. The van der Waals surface area contributed by atoms with Gasteiger partial charge in [-0.2, -0.15) is 0 Å². The van der Waals surface area contributed by atoms with E-state index in [1.807, 2.05) is 7.05 Å². The van der Waals surface area contributed by atoms with Crippen molar-refractivity contribution in [1.29, 1.82) is 0 Å². The minimum absolute atomic E-state index is 0. The van der Waals surface area contributed by atoms with Crippen molar-refractivity contribution in [3.05, 3.63) is 16.1 Å². The lowest BCUT2D eigenvalue weighted by molar-refractivity contribution is 0.255. The number of guanidine groups is 1. The SMILES string of the molecule is CCN(CC)CC1CCN(C(=NC)NCCc2nc(C(C)(C)C)cs2)C1.I. The van der Waals surface area contributed by atoms with E-state index in [-0.39, 0.29) is 29.4 Å². The molecule has 2 heterocycles. The molecule has 1 aromatic heterocycles. The maximum Gasteiger partial charge on any atom is 0.193 e. The molecule has 2 rings (SSSR count). The van der Waals surface area contributed by atoms with Crippen LogP contribution in [-0.4, -0.2) is 67.1 Å². The van der Waals surface area contributed by atoms with Gasteiger partial charge in [0.15, 0.2) is 5.96 Å². The Balaban J connectivity index is 0.00000364. The topological polar surface area (TPSA) is 43.8 Å². The van der Waals surface area contributed by atoms with Crippen LogP contribution in [0.3, 0.4) is 0 Å². The van der Waals surface area contributed by atoms with Gasteiger partial charge < -0.3 is 15.1 Å². The molecule has 1 atom stereocenters. The van der Waals surface area contributed by atoms with Crippen molar-refractivity contribution in [2.75, 3.05) is 46.3 Å². The summed E-state index contributed by atoms with van der Waals surface area (Å²) in [6.45, 7) is 17.8. The normalized spacial score (nSPS) is 18.1. The zero-order chi connectivity index (χ0) is 19.2. The van der Waals surface area contributed by atoms with E-state index in [9.17, 15) is 0 Å². The molecule has 0 amide bonds. The lowest BCUT2D eigenvalue weighted by Crippen LogP contribution is -2.41. The van der Waals surface area contributed by atoms with E-state index >= 15 is 0 Å². The van der Waals surface area contributed by atoms with Gasteiger partial charge in [-0.3, -0.25) is 4.99 Å². The number of aliphatic imine (C=N–C) groups is 1. The summed E-state index contributed by atoms with van der Waals surface area (Å²) in [6.07, 6.45) is 2.22. The Bertz CT molecular complexity index is 577. The molecule has 156 valence electrons. The summed E-state index contributed by atoms with van der Waals surface area (Å²) in [5, 5.41) is 6.94. The molecule has 1 unspecified atom stereocenters. The molecule has 7 heteroatoms. The van der Waals surface area contributed by atoms with Crippen molar-refractivity contribution >= 4 is 41.3 Å². The first-order valence-electron chi connectivity index (χ1n) is 10.00. The molecule has 1 aromatic rings.